The molecule has 1 heterocycles. The fourth-order valence-electron chi connectivity index (χ4n) is 3.55. The Morgan fingerprint density at radius 2 is 1.63 bits per heavy atom. The van der Waals surface area contributed by atoms with Gasteiger partial charge in [0.05, 0.1) is 11.4 Å². The average molecular weight is 438 g/mol. The van der Waals surface area contributed by atoms with Crippen LogP contribution in [0.15, 0.2) is 29.2 Å². The predicted molar refractivity (Wildman–Crippen MR) is 118 cm³/mol. The van der Waals surface area contributed by atoms with Crippen molar-refractivity contribution in [2.45, 2.75) is 57.9 Å². The molecular formula is C22H35N3O4S. The highest BCUT2D eigenvalue weighted by molar-refractivity contribution is 7.89. The molecule has 1 aromatic rings. The number of unbranched alkanes of at least 4 members (excludes halogenated alkanes) is 2. The highest BCUT2D eigenvalue weighted by atomic mass is 32.2. The second-order valence-corrected chi connectivity index (χ2v) is 10.1. The number of ketones is 1. The van der Waals surface area contributed by atoms with E-state index in [9.17, 15) is 18.0 Å². The summed E-state index contributed by atoms with van der Waals surface area (Å²) in [5.74, 6) is -0.0423. The molecule has 0 bridgehead atoms. The third-order valence-corrected chi connectivity index (χ3v) is 7.52. The van der Waals surface area contributed by atoms with Crippen molar-refractivity contribution in [1.29, 1.82) is 0 Å². The Kier molecular flexibility index (Phi) is 9.00. The lowest BCUT2D eigenvalue weighted by Crippen LogP contribution is -2.53. The summed E-state index contributed by atoms with van der Waals surface area (Å²) in [5, 5.41) is 0. The molecule has 168 valence electrons. The first kappa shape index (κ1) is 24.5. The molecule has 1 saturated heterocycles. The topological polar surface area (TPSA) is 78.0 Å². The van der Waals surface area contributed by atoms with E-state index in [0.29, 0.717) is 31.2 Å². The van der Waals surface area contributed by atoms with Gasteiger partial charge in [0.1, 0.15) is 0 Å². The molecule has 1 aliphatic heterocycles. The van der Waals surface area contributed by atoms with Gasteiger partial charge in [0.2, 0.25) is 15.9 Å². The Balaban J connectivity index is 1.94. The number of piperazine rings is 1. The van der Waals surface area contributed by atoms with Gasteiger partial charge in [0.25, 0.3) is 0 Å². The van der Waals surface area contributed by atoms with Crippen LogP contribution >= 0.6 is 0 Å². The van der Waals surface area contributed by atoms with Gasteiger partial charge >= 0.3 is 0 Å². The summed E-state index contributed by atoms with van der Waals surface area (Å²) < 4.78 is 27.2. The summed E-state index contributed by atoms with van der Waals surface area (Å²) in [6.45, 7) is 10.4. The van der Waals surface area contributed by atoms with E-state index in [4.69, 9.17) is 0 Å². The van der Waals surface area contributed by atoms with Crippen molar-refractivity contribution in [3.63, 3.8) is 0 Å². The minimum atomic E-state index is -3.63. The van der Waals surface area contributed by atoms with Gasteiger partial charge in [-0.1, -0.05) is 31.9 Å². The van der Waals surface area contributed by atoms with Crippen LogP contribution in [-0.4, -0.2) is 79.5 Å². The van der Waals surface area contributed by atoms with Crippen LogP contribution in [0, 0.1) is 0 Å². The van der Waals surface area contributed by atoms with E-state index in [2.05, 4.69) is 25.7 Å². The molecule has 0 radical (unpaired) electrons. The molecule has 1 fully saturated rings. The Morgan fingerprint density at radius 1 is 1.03 bits per heavy atom. The van der Waals surface area contributed by atoms with Gasteiger partial charge in [-0.05, 0) is 45.9 Å². The Morgan fingerprint density at radius 3 is 2.13 bits per heavy atom. The van der Waals surface area contributed by atoms with Crippen LogP contribution in [-0.2, 0) is 14.8 Å². The first-order chi connectivity index (χ1) is 14.2. The maximum Gasteiger partial charge on any atom is 0.243 e. The lowest BCUT2D eigenvalue weighted by molar-refractivity contribution is -0.134. The van der Waals surface area contributed by atoms with Gasteiger partial charge in [0, 0.05) is 37.8 Å². The second-order valence-electron chi connectivity index (χ2n) is 8.14. The summed E-state index contributed by atoms with van der Waals surface area (Å²) in [6, 6.07) is 6.31. The summed E-state index contributed by atoms with van der Waals surface area (Å²) in [6.07, 6.45) is 3.38. The molecule has 0 atom stereocenters. The highest BCUT2D eigenvalue weighted by Crippen LogP contribution is 2.19. The summed E-state index contributed by atoms with van der Waals surface area (Å²) in [5.41, 5.74) is 0.484. The number of nitrogens with zero attached hydrogens (tertiary/aromatic N) is 3. The number of carbonyl (C=O) groups excluding carboxylic acids is 2. The fraction of sp³-hybridized carbons (Fsp3) is 0.636. The molecule has 0 aliphatic carbocycles. The number of amides is 1. The van der Waals surface area contributed by atoms with Crippen LogP contribution in [0.4, 0.5) is 0 Å². The lowest BCUT2D eigenvalue weighted by atomic mass is 10.2. The zero-order valence-electron chi connectivity index (χ0n) is 18.6. The van der Waals surface area contributed by atoms with E-state index in [1.165, 1.54) is 35.5 Å². The van der Waals surface area contributed by atoms with Gasteiger partial charge < -0.3 is 4.90 Å². The number of carbonyl (C=O) groups is 2. The SMILES string of the molecule is CCCCCN(CC(=O)N1CCN(S(=O)(=O)c2ccc(C(C)=O)cc2)CC1)C(C)C. The van der Waals surface area contributed by atoms with Gasteiger partial charge in [-0.2, -0.15) is 4.31 Å². The number of benzene rings is 1. The van der Waals surface area contributed by atoms with Crippen molar-refractivity contribution in [2.24, 2.45) is 0 Å². The van der Waals surface area contributed by atoms with Gasteiger partial charge in [-0.3, -0.25) is 14.5 Å². The molecule has 0 N–H and O–H groups in total. The van der Waals surface area contributed by atoms with Gasteiger partial charge in [-0.15, -0.1) is 0 Å². The zero-order chi connectivity index (χ0) is 22.3. The molecule has 8 heteroatoms. The van der Waals surface area contributed by atoms with Gasteiger partial charge in [0.15, 0.2) is 5.78 Å². The Hall–Kier alpha value is -1.77. The number of hydrogen-bond acceptors (Lipinski definition) is 5. The van der Waals surface area contributed by atoms with E-state index in [1.54, 1.807) is 4.90 Å². The van der Waals surface area contributed by atoms with E-state index in [-0.39, 0.29) is 29.7 Å². The van der Waals surface area contributed by atoms with Crippen LogP contribution in [0.2, 0.25) is 0 Å². The Bertz CT molecular complexity index is 813. The molecule has 7 nitrogen and oxygen atoms in total. The standard InChI is InChI=1S/C22H35N3O4S/c1-5-6-7-12-24(18(2)3)17-22(27)23-13-15-25(16-14-23)30(28,29)21-10-8-20(9-11-21)19(4)26/h8-11,18H,5-7,12-17H2,1-4H3. The van der Waals surface area contributed by atoms with Crippen molar-refractivity contribution in [3.8, 4) is 0 Å². The molecule has 1 amide bonds. The van der Waals surface area contributed by atoms with Crippen LogP contribution in [0.3, 0.4) is 0 Å². The summed E-state index contributed by atoms with van der Waals surface area (Å²) >= 11 is 0. The minimum Gasteiger partial charge on any atom is -0.339 e. The Labute approximate surface area is 181 Å². The maximum atomic E-state index is 12.9. The molecule has 0 spiro atoms. The smallest absolute Gasteiger partial charge is 0.243 e. The third kappa shape index (κ3) is 6.36. The molecule has 0 aromatic heterocycles. The van der Waals surface area contributed by atoms with Crippen molar-refractivity contribution in [1.82, 2.24) is 14.1 Å². The molecule has 0 unspecified atom stereocenters. The van der Waals surface area contributed by atoms with Crippen LogP contribution in [0.25, 0.3) is 0 Å². The summed E-state index contributed by atoms with van der Waals surface area (Å²) in [4.78, 5) is 28.3. The predicted octanol–water partition coefficient (Wildman–Crippen LogP) is 2.62. The number of Topliss-reactive ketones (excluding diaryl/α,β-unsaturated/α-hetero) is 1. The van der Waals surface area contributed by atoms with Crippen molar-refractivity contribution >= 4 is 21.7 Å². The molecule has 30 heavy (non-hydrogen) atoms. The van der Waals surface area contributed by atoms with Crippen LogP contribution in [0.5, 0.6) is 0 Å². The normalized spacial score (nSPS) is 15.7. The first-order valence-corrected chi connectivity index (χ1v) is 12.2. The second kappa shape index (κ2) is 11.0. The zero-order valence-corrected chi connectivity index (χ0v) is 19.5. The quantitative estimate of drug-likeness (QED) is 0.415. The first-order valence-electron chi connectivity index (χ1n) is 10.8. The van der Waals surface area contributed by atoms with Crippen LogP contribution < -0.4 is 0 Å². The minimum absolute atomic E-state index is 0.0584. The third-order valence-electron chi connectivity index (χ3n) is 5.61. The molecule has 1 aromatic carbocycles. The van der Waals surface area contributed by atoms with Crippen molar-refractivity contribution in [3.05, 3.63) is 29.8 Å². The molecular weight excluding hydrogens is 402 g/mol. The molecule has 0 saturated carbocycles. The molecule has 1 aliphatic rings. The maximum absolute atomic E-state index is 12.9. The lowest BCUT2D eigenvalue weighted by Gasteiger charge is -2.36. The van der Waals surface area contributed by atoms with E-state index in [1.807, 2.05) is 0 Å². The summed E-state index contributed by atoms with van der Waals surface area (Å²) in [7, 11) is -3.63. The monoisotopic (exact) mass is 437 g/mol. The van der Waals surface area contributed by atoms with Crippen molar-refractivity contribution < 1.29 is 18.0 Å². The average Bonchev–Trinajstić information content (AvgIpc) is 2.73. The van der Waals surface area contributed by atoms with E-state index >= 15 is 0 Å². The fourth-order valence-corrected chi connectivity index (χ4v) is 4.97. The highest BCUT2D eigenvalue weighted by Gasteiger charge is 2.30. The van der Waals surface area contributed by atoms with Gasteiger partial charge in [-0.25, -0.2) is 8.42 Å². The number of rotatable bonds is 10. The van der Waals surface area contributed by atoms with Crippen molar-refractivity contribution in [2.75, 3.05) is 39.3 Å². The largest absolute Gasteiger partial charge is 0.339 e. The van der Waals surface area contributed by atoms with Crippen LogP contribution in [0.1, 0.15) is 57.3 Å². The molecule has 2 rings (SSSR count). The van der Waals surface area contributed by atoms with E-state index in [0.717, 1.165) is 25.8 Å². The van der Waals surface area contributed by atoms with E-state index < -0.39 is 10.0 Å². The number of hydrogen-bond donors (Lipinski definition) is 0. The number of sulfonamides is 1.